The van der Waals surface area contributed by atoms with Gasteiger partial charge in [-0.05, 0) is 6.92 Å². The molecule has 7 nitrogen and oxygen atoms in total. The molecule has 1 atom stereocenters. The third-order valence-corrected chi connectivity index (χ3v) is 4.22. The Labute approximate surface area is 140 Å². The molecule has 0 fully saturated rings. The van der Waals surface area contributed by atoms with Gasteiger partial charge in [-0.2, -0.15) is 5.10 Å². The molecule has 0 unspecified atom stereocenters. The fraction of sp³-hybridized carbons (Fsp3) is 0.412. The summed E-state index contributed by atoms with van der Waals surface area (Å²) >= 11 is 0. The average molecular weight is 328 g/mol. The lowest BCUT2D eigenvalue weighted by Crippen LogP contribution is -2.41. The van der Waals surface area contributed by atoms with E-state index in [-0.39, 0.29) is 30.8 Å². The fourth-order valence-electron chi connectivity index (χ4n) is 2.87. The third-order valence-electron chi connectivity index (χ3n) is 4.22. The van der Waals surface area contributed by atoms with Gasteiger partial charge in [-0.1, -0.05) is 30.3 Å². The summed E-state index contributed by atoms with van der Waals surface area (Å²) in [5, 5.41) is 4.55. The van der Waals surface area contributed by atoms with Crippen LogP contribution in [0.25, 0.3) is 11.4 Å². The Morgan fingerprint density at radius 3 is 2.67 bits per heavy atom. The summed E-state index contributed by atoms with van der Waals surface area (Å²) in [5.41, 5.74) is 0.954. The van der Waals surface area contributed by atoms with Gasteiger partial charge < -0.3 is 9.64 Å². The van der Waals surface area contributed by atoms with Gasteiger partial charge in [0.15, 0.2) is 5.82 Å². The first-order chi connectivity index (χ1) is 11.6. The van der Waals surface area contributed by atoms with E-state index in [0.717, 1.165) is 11.4 Å². The number of esters is 1. The summed E-state index contributed by atoms with van der Waals surface area (Å²) in [7, 11) is 1.32. The van der Waals surface area contributed by atoms with Crippen LogP contribution in [0, 0.1) is 0 Å². The molecule has 1 amide bonds. The van der Waals surface area contributed by atoms with Crippen molar-refractivity contribution in [2.45, 2.75) is 32.4 Å². The van der Waals surface area contributed by atoms with Crippen molar-refractivity contribution >= 4 is 11.9 Å². The first-order valence-electron chi connectivity index (χ1n) is 7.96. The fourth-order valence-corrected chi connectivity index (χ4v) is 2.87. The Morgan fingerprint density at radius 1 is 1.21 bits per heavy atom. The maximum atomic E-state index is 12.4. The monoisotopic (exact) mass is 328 g/mol. The standard InChI is InChI=1S/C17H20N4O3/c1-12-17-18-16(13-6-4-3-5-7-13)19-21(17)11-10-20(12)14(22)8-9-15(23)24-2/h3-7,12H,8-11H2,1-2H3/t12-/m0/s1. The number of rotatable bonds is 4. The van der Waals surface area contributed by atoms with E-state index in [1.165, 1.54) is 7.11 Å². The van der Waals surface area contributed by atoms with Gasteiger partial charge in [0, 0.05) is 18.5 Å². The molecular formula is C17H20N4O3. The molecule has 24 heavy (non-hydrogen) atoms. The van der Waals surface area contributed by atoms with Gasteiger partial charge in [0.25, 0.3) is 0 Å². The summed E-state index contributed by atoms with van der Waals surface area (Å²) in [6.45, 7) is 3.10. The molecule has 0 aliphatic carbocycles. The number of benzene rings is 1. The topological polar surface area (TPSA) is 77.3 Å². The number of hydrogen-bond acceptors (Lipinski definition) is 5. The summed E-state index contributed by atoms with van der Waals surface area (Å²) in [4.78, 5) is 30.0. The first-order valence-corrected chi connectivity index (χ1v) is 7.96. The second-order valence-electron chi connectivity index (χ2n) is 5.72. The number of hydrogen-bond donors (Lipinski definition) is 0. The van der Waals surface area contributed by atoms with E-state index in [1.807, 2.05) is 41.9 Å². The van der Waals surface area contributed by atoms with E-state index in [2.05, 4.69) is 14.8 Å². The Balaban J connectivity index is 1.75. The van der Waals surface area contributed by atoms with E-state index in [0.29, 0.717) is 18.9 Å². The van der Waals surface area contributed by atoms with Crippen LogP contribution in [0.4, 0.5) is 0 Å². The molecule has 0 spiro atoms. The van der Waals surface area contributed by atoms with Crippen molar-refractivity contribution in [1.82, 2.24) is 19.7 Å². The molecular weight excluding hydrogens is 308 g/mol. The molecule has 0 radical (unpaired) electrons. The molecule has 3 rings (SSSR count). The van der Waals surface area contributed by atoms with Crippen LogP contribution in [0.3, 0.4) is 0 Å². The van der Waals surface area contributed by atoms with E-state index >= 15 is 0 Å². The van der Waals surface area contributed by atoms with Gasteiger partial charge in [0.2, 0.25) is 5.91 Å². The van der Waals surface area contributed by atoms with Crippen LogP contribution < -0.4 is 0 Å². The Kier molecular flexibility index (Phi) is 4.59. The number of fused-ring (bicyclic) bond motifs is 1. The Hall–Kier alpha value is -2.70. The van der Waals surface area contributed by atoms with Crippen molar-refractivity contribution in [2.24, 2.45) is 0 Å². The molecule has 1 aromatic carbocycles. The van der Waals surface area contributed by atoms with Crippen LogP contribution in [-0.2, 0) is 20.9 Å². The minimum Gasteiger partial charge on any atom is -0.469 e. The molecule has 0 saturated carbocycles. The molecule has 7 heteroatoms. The van der Waals surface area contributed by atoms with Gasteiger partial charge in [0.05, 0.1) is 26.1 Å². The average Bonchev–Trinajstić information content (AvgIpc) is 3.05. The molecule has 126 valence electrons. The number of aromatic nitrogens is 3. The third kappa shape index (κ3) is 3.15. The smallest absolute Gasteiger partial charge is 0.306 e. The highest BCUT2D eigenvalue weighted by Gasteiger charge is 2.30. The van der Waals surface area contributed by atoms with Gasteiger partial charge in [0.1, 0.15) is 5.82 Å². The largest absolute Gasteiger partial charge is 0.469 e. The molecule has 0 N–H and O–H groups in total. The second kappa shape index (κ2) is 6.82. The minimum atomic E-state index is -0.373. The van der Waals surface area contributed by atoms with E-state index in [1.54, 1.807) is 4.90 Å². The van der Waals surface area contributed by atoms with Gasteiger partial charge in [-0.15, -0.1) is 0 Å². The summed E-state index contributed by atoms with van der Waals surface area (Å²) in [6, 6.07) is 9.59. The zero-order valence-electron chi connectivity index (χ0n) is 13.8. The van der Waals surface area contributed by atoms with Crippen molar-refractivity contribution in [3.63, 3.8) is 0 Å². The van der Waals surface area contributed by atoms with Crippen molar-refractivity contribution in [1.29, 1.82) is 0 Å². The van der Waals surface area contributed by atoms with Gasteiger partial charge >= 0.3 is 5.97 Å². The SMILES string of the molecule is COC(=O)CCC(=O)N1CCn2nc(-c3ccccc3)nc2[C@@H]1C. The zero-order valence-corrected chi connectivity index (χ0v) is 13.8. The summed E-state index contributed by atoms with van der Waals surface area (Å²) < 4.78 is 6.45. The van der Waals surface area contributed by atoms with Gasteiger partial charge in [-0.25, -0.2) is 9.67 Å². The molecule has 2 aromatic rings. The number of carbonyl (C=O) groups is 2. The van der Waals surface area contributed by atoms with Crippen LogP contribution in [0.1, 0.15) is 31.6 Å². The Bertz CT molecular complexity index is 742. The zero-order chi connectivity index (χ0) is 17.1. The van der Waals surface area contributed by atoms with Crippen LogP contribution in [0.5, 0.6) is 0 Å². The van der Waals surface area contributed by atoms with E-state index < -0.39 is 0 Å². The molecule has 0 bridgehead atoms. The predicted octanol–water partition coefficient (Wildman–Crippen LogP) is 1.80. The first kappa shape index (κ1) is 16.2. The highest BCUT2D eigenvalue weighted by atomic mass is 16.5. The van der Waals surface area contributed by atoms with Crippen LogP contribution in [-0.4, -0.2) is 45.2 Å². The minimum absolute atomic E-state index is 0.0663. The number of methoxy groups -OCH3 is 1. The van der Waals surface area contributed by atoms with E-state index in [4.69, 9.17) is 0 Å². The lowest BCUT2D eigenvalue weighted by atomic mass is 10.1. The van der Waals surface area contributed by atoms with Crippen LogP contribution in [0.2, 0.25) is 0 Å². The van der Waals surface area contributed by atoms with Crippen LogP contribution in [0.15, 0.2) is 30.3 Å². The molecule has 1 aliphatic rings. The number of carbonyl (C=O) groups excluding carboxylic acids is 2. The molecule has 0 saturated heterocycles. The van der Waals surface area contributed by atoms with Crippen molar-refractivity contribution in [2.75, 3.05) is 13.7 Å². The maximum Gasteiger partial charge on any atom is 0.306 e. The lowest BCUT2D eigenvalue weighted by Gasteiger charge is -2.32. The quantitative estimate of drug-likeness (QED) is 0.800. The van der Waals surface area contributed by atoms with Crippen LogP contribution >= 0.6 is 0 Å². The lowest BCUT2D eigenvalue weighted by molar-refractivity contribution is -0.144. The van der Waals surface area contributed by atoms with Crippen molar-refractivity contribution in [3.8, 4) is 11.4 Å². The molecule has 1 aromatic heterocycles. The molecule has 2 heterocycles. The molecule has 1 aliphatic heterocycles. The normalized spacial score (nSPS) is 16.6. The van der Waals surface area contributed by atoms with E-state index in [9.17, 15) is 9.59 Å². The second-order valence-corrected chi connectivity index (χ2v) is 5.72. The Morgan fingerprint density at radius 2 is 1.96 bits per heavy atom. The summed E-state index contributed by atoms with van der Waals surface area (Å²) in [5.74, 6) is 0.999. The maximum absolute atomic E-state index is 12.4. The number of ether oxygens (including phenoxy) is 1. The number of nitrogens with zero attached hydrogens (tertiary/aromatic N) is 4. The predicted molar refractivity (Wildman–Crippen MR) is 86.8 cm³/mol. The van der Waals surface area contributed by atoms with Crippen molar-refractivity contribution in [3.05, 3.63) is 36.2 Å². The highest BCUT2D eigenvalue weighted by molar-refractivity contribution is 5.81. The van der Waals surface area contributed by atoms with Crippen molar-refractivity contribution < 1.29 is 14.3 Å². The number of amides is 1. The summed E-state index contributed by atoms with van der Waals surface area (Å²) in [6.07, 6.45) is 0.247. The van der Waals surface area contributed by atoms with Gasteiger partial charge in [-0.3, -0.25) is 9.59 Å². The highest BCUT2D eigenvalue weighted by Crippen LogP contribution is 2.26.